The van der Waals surface area contributed by atoms with Crippen LogP contribution in [0.4, 0.5) is 18.0 Å². The molecule has 0 aromatic heterocycles. The van der Waals surface area contributed by atoms with Crippen LogP contribution in [-0.4, -0.2) is 47.8 Å². The Hall–Kier alpha value is -1.47. The molecular weight excluding hydrogens is 229 g/mol. The van der Waals surface area contributed by atoms with E-state index in [9.17, 15) is 22.8 Å². The zero-order chi connectivity index (χ0) is 12.8. The van der Waals surface area contributed by atoms with Gasteiger partial charge in [-0.1, -0.05) is 6.92 Å². The van der Waals surface area contributed by atoms with Gasteiger partial charge >= 0.3 is 18.2 Å². The molecule has 0 rings (SSSR count). The number of carboxylic acids is 1. The third-order valence-corrected chi connectivity index (χ3v) is 1.51. The predicted molar refractivity (Wildman–Crippen MR) is 49.0 cm³/mol. The second-order valence-corrected chi connectivity index (χ2v) is 3.10. The molecule has 0 aliphatic carbocycles. The number of alkyl halides is 3. The lowest BCUT2D eigenvalue weighted by atomic mass is 10.4. The average molecular weight is 242 g/mol. The normalized spacial score (nSPS) is 11.0. The SMILES string of the molecule is CCCNC(=O)N(CC(=O)O)CC(F)(F)F. The van der Waals surface area contributed by atoms with Gasteiger partial charge in [-0.05, 0) is 6.42 Å². The Bertz CT molecular complexity index is 255. The standard InChI is InChI=1S/C8H13F3N2O3/c1-2-3-12-7(16)13(4-6(14)15)5-8(9,10)11/h2-5H2,1H3,(H,12,16)(H,14,15). The summed E-state index contributed by atoms with van der Waals surface area (Å²) in [5, 5.41) is 10.6. The minimum atomic E-state index is -4.61. The van der Waals surface area contributed by atoms with Gasteiger partial charge in [0.1, 0.15) is 13.1 Å². The lowest BCUT2D eigenvalue weighted by Crippen LogP contribution is -2.47. The van der Waals surface area contributed by atoms with Crippen LogP contribution in [0.5, 0.6) is 0 Å². The number of aliphatic carboxylic acids is 1. The van der Waals surface area contributed by atoms with Crippen LogP contribution in [0.3, 0.4) is 0 Å². The highest BCUT2D eigenvalue weighted by Gasteiger charge is 2.33. The second kappa shape index (κ2) is 6.19. The molecule has 94 valence electrons. The summed E-state index contributed by atoms with van der Waals surface area (Å²) in [5.74, 6) is -1.49. The van der Waals surface area contributed by atoms with Crippen molar-refractivity contribution < 1.29 is 27.9 Å². The number of hydrogen-bond acceptors (Lipinski definition) is 2. The van der Waals surface area contributed by atoms with Crippen LogP contribution in [0, 0.1) is 0 Å². The predicted octanol–water partition coefficient (Wildman–Crippen LogP) is 1.05. The Labute approximate surface area is 90.2 Å². The smallest absolute Gasteiger partial charge is 0.406 e. The van der Waals surface area contributed by atoms with Crippen LogP contribution in [0.1, 0.15) is 13.3 Å². The van der Waals surface area contributed by atoms with E-state index < -0.39 is 31.3 Å². The summed E-state index contributed by atoms with van der Waals surface area (Å²) >= 11 is 0. The first-order valence-electron chi connectivity index (χ1n) is 4.57. The summed E-state index contributed by atoms with van der Waals surface area (Å²) in [6, 6.07) is -1.03. The number of urea groups is 1. The zero-order valence-corrected chi connectivity index (χ0v) is 8.67. The summed E-state index contributed by atoms with van der Waals surface area (Å²) in [6.07, 6.45) is -4.06. The summed E-state index contributed by atoms with van der Waals surface area (Å²) in [4.78, 5) is 21.7. The maximum absolute atomic E-state index is 12.0. The molecular formula is C8H13F3N2O3. The van der Waals surface area contributed by atoms with Crippen molar-refractivity contribution in [1.82, 2.24) is 10.2 Å². The Morgan fingerprint density at radius 3 is 2.31 bits per heavy atom. The van der Waals surface area contributed by atoms with Crippen LogP contribution in [0.2, 0.25) is 0 Å². The minimum Gasteiger partial charge on any atom is -0.480 e. The Morgan fingerprint density at radius 1 is 1.38 bits per heavy atom. The second-order valence-electron chi connectivity index (χ2n) is 3.10. The highest BCUT2D eigenvalue weighted by Crippen LogP contribution is 2.16. The Kier molecular flexibility index (Phi) is 5.62. The number of rotatable bonds is 5. The van der Waals surface area contributed by atoms with Gasteiger partial charge in [0.2, 0.25) is 0 Å². The molecule has 0 aromatic carbocycles. The molecule has 0 heterocycles. The van der Waals surface area contributed by atoms with Gasteiger partial charge in [-0.15, -0.1) is 0 Å². The van der Waals surface area contributed by atoms with Gasteiger partial charge in [-0.3, -0.25) is 4.79 Å². The molecule has 0 spiro atoms. The third kappa shape index (κ3) is 6.91. The third-order valence-electron chi connectivity index (χ3n) is 1.51. The maximum Gasteiger partial charge on any atom is 0.406 e. The highest BCUT2D eigenvalue weighted by atomic mass is 19.4. The molecule has 0 radical (unpaired) electrons. The molecule has 0 bridgehead atoms. The average Bonchev–Trinajstić information content (AvgIpc) is 2.10. The number of amides is 2. The molecule has 0 fully saturated rings. The number of hydrogen-bond donors (Lipinski definition) is 2. The van der Waals surface area contributed by atoms with Gasteiger partial charge in [-0.2, -0.15) is 13.2 Å². The zero-order valence-electron chi connectivity index (χ0n) is 8.67. The van der Waals surface area contributed by atoms with E-state index in [1.165, 1.54) is 0 Å². The Balaban J connectivity index is 4.41. The van der Waals surface area contributed by atoms with Crippen molar-refractivity contribution in [3.8, 4) is 0 Å². The molecule has 8 heteroatoms. The van der Waals surface area contributed by atoms with Crippen LogP contribution < -0.4 is 5.32 Å². The van der Waals surface area contributed by atoms with Gasteiger partial charge in [-0.25, -0.2) is 4.79 Å². The number of nitrogens with one attached hydrogen (secondary N) is 1. The summed E-state index contributed by atoms with van der Waals surface area (Å²) in [6.45, 7) is -0.623. The van der Waals surface area contributed by atoms with Crippen molar-refractivity contribution in [3.05, 3.63) is 0 Å². The summed E-state index contributed by atoms with van der Waals surface area (Å²) < 4.78 is 36.1. The van der Waals surface area contributed by atoms with E-state index in [4.69, 9.17) is 5.11 Å². The van der Waals surface area contributed by atoms with Gasteiger partial charge < -0.3 is 15.3 Å². The van der Waals surface area contributed by atoms with E-state index in [-0.39, 0.29) is 11.4 Å². The fourth-order valence-corrected chi connectivity index (χ4v) is 0.923. The molecule has 0 saturated heterocycles. The van der Waals surface area contributed by atoms with Crippen molar-refractivity contribution in [1.29, 1.82) is 0 Å². The number of carboxylic acid groups (broad SMARTS) is 1. The first-order chi connectivity index (χ1) is 7.26. The van der Waals surface area contributed by atoms with Gasteiger partial charge in [0.05, 0.1) is 0 Å². The summed E-state index contributed by atoms with van der Waals surface area (Å²) in [7, 11) is 0. The quantitative estimate of drug-likeness (QED) is 0.757. The van der Waals surface area contributed by atoms with Crippen LogP contribution in [-0.2, 0) is 4.79 Å². The van der Waals surface area contributed by atoms with E-state index in [0.29, 0.717) is 6.42 Å². The van der Waals surface area contributed by atoms with Crippen molar-refractivity contribution in [2.45, 2.75) is 19.5 Å². The van der Waals surface area contributed by atoms with Gasteiger partial charge in [0.15, 0.2) is 0 Å². The van der Waals surface area contributed by atoms with Gasteiger partial charge in [0, 0.05) is 6.54 Å². The van der Waals surface area contributed by atoms with Crippen LogP contribution in [0.15, 0.2) is 0 Å². The molecule has 0 aliphatic rings. The van der Waals surface area contributed by atoms with E-state index in [2.05, 4.69) is 5.32 Å². The molecule has 16 heavy (non-hydrogen) atoms. The van der Waals surface area contributed by atoms with Crippen LogP contribution in [0.25, 0.3) is 0 Å². The van der Waals surface area contributed by atoms with E-state index >= 15 is 0 Å². The first kappa shape index (κ1) is 14.5. The molecule has 2 N–H and O–H groups in total. The van der Waals surface area contributed by atoms with E-state index in [1.54, 1.807) is 6.92 Å². The van der Waals surface area contributed by atoms with E-state index in [1.807, 2.05) is 0 Å². The molecule has 0 saturated carbocycles. The van der Waals surface area contributed by atoms with Crippen LogP contribution >= 0.6 is 0 Å². The Morgan fingerprint density at radius 2 is 1.94 bits per heavy atom. The van der Waals surface area contributed by atoms with Crippen molar-refractivity contribution in [2.75, 3.05) is 19.6 Å². The molecule has 2 amide bonds. The molecule has 0 aliphatic heterocycles. The lowest BCUT2D eigenvalue weighted by molar-refractivity contribution is -0.148. The van der Waals surface area contributed by atoms with Crippen molar-refractivity contribution in [2.24, 2.45) is 0 Å². The van der Waals surface area contributed by atoms with E-state index in [0.717, 1.165) is 0 Å². The van der Waals surface area contributed by atoms with Crippen molar-refractivity contribution >= 4 is 12.0 Å². The lowest BCUT2D eigenvalue weighted by Gasteiger charge is -2.22. The molecule has 0 aromatic rings. The number of carbonyl (C=O) groups is 2. The van der Waals surface area contributed by atoms with Gasteiger partial charge in [0.25, 0.3) is 0 Å². The number of nitrogens with zero attached hydrogens (tertiary/aromatic N) is 1. The minimum absolute atomic E-state index is 0.201. The molecule has 0 unspecified atom stereocenters. The number of halogens is 3. The fourth-order valence-electron chi connectivity index (χ4n) is 0.923. The molecule has 5 nitrogen and oxygen atoms in total. The highest BCUT2D eigenvalue weighted by molar-refractivity contribution is 5.80. The fraction of sp³-hybridized carbons (Fsp3) is 0.750. The van der Waals surface area contributed by atoms with Crippen molar-refractivity contribution in [3.63, 3.8) is 0 Å². The largest absolute Gasteiger partial charge is 0.480 e. The monoisotopic (exact) mass is 242 g/mol. The summed E-state index contributed by atoms with van der Waals surface area (Å²) in [5.41, 5.74) is 0. The topological polar surface area (TPSA) is 69.6 Å². The number of carbonyl (C=O) groups excluding carboxylic acids is 1. The maximum atomic E-state index is 12.0. The first-order valence-corrected chi connectivity index (χ1v) is 4.57. The molecule has 0 atom stereocenters.